The van der Waals surface area contributed by atoms with Gasteiger partial charge in [-0.3, -0.25) is 9.59 Å². The topological polar surface area (TPSA) is 49.4 Å². The van der Waals surface area contributed by atoms with E-state index in [1.165, 1.54) is 23.1 Å². The Balaban J connectivity index is 1.63. The molecule has 1 aliphatic rings. The van der Waals surface area contributed by atoms with Crippen LogP contribution in [0.4, 0.5) is 10.1 Å². The maximum atomic E-state index is 13.3. The van der Waals surface area contributed by atoms with Gasteiger partial charge in [0.25, 0.3) is 0 Å². The molecule has 25 heavy (non-hydrogen) atoms. The molecule has 0 bridgehead atoms. The number of rotatable bonds is 4. The van der Waals surface area contributed by atoms with Crippen LogP contribution in [0.5, 0.6) is 0 Å². The van der Waals surface area contributed by atoms with E-state index in [1.54, 1.807) is 0 Å². The van der Waals surface area contributed by atoms with Gasteiger partial charge in [0.1, 0.15) is 5.82 Å². The van der Waals surface area contributed by atoms with Crippen molar-refractivity contribution in [2.45, 2.75) is 19.9 Å². The van der Waals surface area contributed by atoms with Crippen LogP contribution in [0.2, 0.25) is 5.02 Å². The minimum atomic E-state index is -0.537. The smallest absolute Gasteiger partial charge is 0.227 e. The van der Waals surface area contributed by atoms with Gasteiger partial charge in [0.05, 0.1) is 10.9 Å². The molecule has 1 heterocycles. The van der Waals surface area contributed by atoms with Crippen molar-refractivity contribution in [1.82, 2.24) is 5.32 Å². The van der Waals surface area contributed by atoms with Gasteiger partial charge in [-0.2, -0.15) is 0 Å². The zero-order chi connectivity index (χ0) is 18.0. The lowest BCUT2D eigenvalue weighted by Gasteiger charge is -2.17. The maximum Gasteiger partial charge on any atom is 0.227 e. The number of carbonyl (C=O) groups is 2. The van der Waals surface area contributed by atoms with Gasteiger partial charge in [-0.05, 0) is 30.7 Å². The molecule has 2 amide bonds. The van der Waals surface area contributed by atoms with Crippen molar-refractivity contribution in [2.24, 2.45) is 5.92 Å². The predicted molar refractivity (Wildman–Crippen MR) is 94.9 cm³/mol. The van der Waals surface area contributed by atoms with Crippen LogP contribution in [0.3, 0.4) is 0 Å². The Morgan fingerprint density at radius 1 is 1.32 bits per heavy atom. The average molecular weight is 361 g/mol. The molecule has 1 fully saturated rings. The third-order valence-electron chi connectivity index (χ3n) is 4.26. The van der Waals surface area contributed by atoms with E-state index in [1.807, 2.05) is 31.2 Å². The van der Waals surface area contributed by atoms with Gasteiger partial charge < -0.3 is 10.2 Å². The first-order valence-corrected chi connectivity index (χ1v) is 8.40. The number of nitrogens with zero attached hydrogens (tertiary/aromatic N) is 1. The van der Waals surface area contributed by atoms with Crippen molar-refractivity contribution >= 4 is 29.1 Å². The molecule has 0 aromatic heterocycles. The molecule has 2 aromatic rings. The zero-order valence-corrected chi connectivity index (χ0v) is 14.5. The van der Waals surface area contributed by atoms with Crippen LogP contribution in [0.25, 0.3) is 0 Å². The summed E-state index contributed by atoms with van der Waals surface area (Å²) < 4.78 is 13.3. The third kappa shape index (κ3) is 3.99. The molecule has 130 valence electrons. The van der Waals surface area contributed by atoms with Crippen molar-refractivity contribution in [1.29, 1.82) is 0 Å². The normalized spacial score (nSPS) is 17.0. The number of hydrogen-bond acceptors (Lipinski definition) is 2. The summed E-state index contributed by atoms with van der Waals surface area (Å²) in [4.78, 5) is 26.1. The van der Waals surface area contributed by atoms with Gasteiger partial charge >= 0.3 is 0 Å². The molecule has 1 unspecified atom stereocenters. The summed E-state index contributed by atoms with van der Waals surface area (Å²) in [7, 11) is 0. The fraction of sp³-hybridized carbons (Fsp3) is 0.263. The minimum Gasteiger partial charge on any atom is -0.352 e. The molecule has 0 radical (unpaired) electrons. The first kappa shape index (κ1) is 17.4. The summed E-state index contributed by atoms with van der Waals surface area (Å²) in [6, 6.07) is 12.0. The third-order valence-corrected chi connectivity index (χ3v) is 4.55. The summed E-state index contributed by atoms with van der Waals surface area (Å²) in [6.07, 6.45) is 0.134. The predicted octanol–water partition coefficient (Wildman–Crippen LogP) is 3.46. The highest BCUT2D eigenvalue weighted by Gasteiger charge is 2.35. The largest absolute Gasteiger partial charge is 0.352 e. The monoisotopic (exact) mass is 360 g/mol. The van der Waals surface area contributed by atoms with Gasteiger partial charge in [-0.15, -0.1) is 0 Å². The maximum absolute atomic E-state index is 13.3. The fourth-order valence-corrected chi connectivity index (χ4v) is 3.12. The molecular formula is C19H18ClFN2O2. The van der Waals surface area contributed by atoms with Gasteiger partial charge in [0.2, 0.25) is 11.8 Å². The van der Waals surface area contributed by atoms with E-state index in [2.05, 4.69) is 5.32 Å². The first-order chi connectivity index (χ1) is 11.9. The van der Waals surface area contributed by atoms with Gasteiger partial charge in [-0.25, -0.2) is 4.39 Å². The Morgan fingerprint density at radius 2 is 2.12 bits per heavy atom. The molecule has 3 rings (SSSR count). The SMILES string of the molecule is Cc1cccc(CNC(=O)C2CC(=O)N(c3ccc(F)c(Cl)c3)C2)c1. The number of anilines is 1. The van der Waals surface area contributed by atoms with E-state index in [0.717, 1.165) is 11.1 Å². The number of carbonyl (C=O) groups excluding carboxylic acids is 2. The minimum absolute atomic E-state index is 0.0438. The molecule has 0 spiro atoms. The average Bonchev–Trinajstić information content (AvgIpc) is 2.97. The molecule has 0 aliphatic carbocycles. The van der Waals surface area contributed by atoms with Crippen LogP contribution in [0.15, 0.2) is 42.5 Å². The molecule has 1 saturated heterocycles. The molecular weight excluding hydrogens is 343 g/mol. The molecule has 6 heteroatoms. The second-order valence-electron chi connectivity index (χ2n) is 6.21. The van der Waals surface area contributed by atoms with E-state index in [-0.39, 0.29) is 29.8 Å². The Labute approximate surface area is 150 Å². The lowest BCUT2D eigenvalue weighted by atomic mass is 10.1. The summed E-state index contributed by atoms with van der Waals surface area (Å²) in [6.45, 7) is 2.68. The molecule has 1 N–H and O–H groups in total. The lowest BCUT2D eigenvalue weighted by Crippen LogP contribution is -2.32. The molecule has 1 atom stereocenters. The number of aryl methyl sites for hydroxylation is 1. The van der Waals surface area contributed by atoms with Crippen molar-refractivity contribution in [2.75, 3.05) is 11.4 Å². The molecule has 4 nitrogen and oxygen atoms in total. The number of benzene rings is 2. The second kappa shape index (κ2) is 7.23. The van der Waals surface area contributed by atoms with Gasteiger partial charge in [0, 0.05) is 25.2 Å². The van der Waals surface area contributed by atoms with Crippen molar-refractivity contribution in [3.05, 3.63) is 64.4 Å². The van der Waals surface area contributed by atoms with E-state index >= 15 is 0 Å². The first-order valence-electron chi connectivity index (χ1n) is 8.02. The highest BCUT2D eigenvalue weighted by Crippen LogP contribution is 2.28. The van der Waals surface area contributed by atoms with Crippen LogP contribution >= 0.6 is 11.6 Å². The van der Waals surface area contributed by atoms with E-state index in [4.69, 9.17) is 11.6 Å². The molecule has 2 aromatic carbocycles. The highest BCUT2D eigenvalue weighted by atomic mass is 35.5. The zero-order valence-electron chi connectivity index (χ0n) is 13.8. The Bertz CT molecular complexity index is 825. The van der Waals surface area contributed by atoms with Gasteiger partial charge in [0.15, 0.2) is 0 Å². The van der Waals surface area contributed by atoms with Crippen molar-refractivity contribution < 1.29 is 14.0 Å². The van der Waals surface area contributed by atoms with E-state index in [9.17, 15) is 14.0 Å². The van der Waals surface area contributed by atoms with Crippen LogP contribution in [-0.2, 0) is 16.1 Å². The van der Waals surface area contributed by atoms with E-state index < -0.39 is 11.7 Å². The standard InChI is InChI=1S/C19H18ClFN2O2/c1-12-3-2-4-13(7-12)10-22-19(25)14-8-18(24)23(11-14)15-5-6-17(21)16(20)9-15/h2-7,9,14H,8,10-11H2,1H3,(H,22,25). The molecule has 1 aliphatic heterocycles. The van der Waals surface area contributed by atoms with Crippen LogP contribution in [0, 0.1) is 18.7 Å². The number of hydrogen-bond donors (Lipinski definition) is 1. The second-order valence-corrected chi connectivity index (χ2v) is 6.62. The Kier molecular flexibility index (Phi) is 5.04. The number of nitrogens with one attached hydrogen (secondary N) is 1. The van der Waals surface area contributed by atoms with Crippen LogP contribution in [-0.4, -0.2) is 18.4 Å². The summed E-state index contributed by atoms with van der Waals surface area (Å²) in [5, 5.41) is 2.83. The Morgan fingerprint density at radius 3 is 2.84 bits per heavy atom. The molecule has 0 saturated carbocycles. The van der Waals surface area contributed by atoms with Crippen molar-refractivity contribution in [3.63, 3.8) is 0 Å². The van der Waals surface area contributed by atoms with Crippen LogP contribution in [0.1, 0.15) is 17.5 Å². The highest BCUT2D eigenvalue weighted by molar-refractivity contribution is 6.31. The summed E-state index contributed by atoms with van der Waals surface area (Å²) in [5.74, 6) is -1.30. The van der Waals surface area contributed by atoms with Gasteiger partial charge in [-0.1, -0.05) is 41.4 Å². The number of amides is 2. The summed E-state index contributed by atoms with van der Waals surface area (Å²) in [5.41, 5.74) is 2.65. The quantitative estimate of drug-likeness (QED) is 0.907. The van der Waals surface area contributed by atoms with E-state index in [0.29, 0.717) is 12.2 Å². The lowest BCUT2D eigenvalue weighted by molar-refractivity contribution is -0.126. The fourth-order valence-electron chi connectivity index (χ4n) is 2.94. The summed E-state index contributed by atoms with van der Waals surface area (Å²) >= 11 is 5.78. The van der Waals surface area contributed by atoms with Crippen molar-refractivity contribution in [3.8, 4) is 0 Å². The Hall–Kier alpha value is -2.40. The number of halogens is 2. The van der Waals surface area contributed by atoms with Crippen LogP contribution < -0.4 is 10.2 Å².